The van der Waals surface area contributed by atoms with Gasteiger partial charge in [-0.2, -0.15) is 0 Å². The fourth-order valence-electron chi connectivity index (χ4n) is 2.38. The zero-order valence-electron chi connectivity index (χ0n) is 10.0. The minimum Gasteiger partial charge on any atom is -0.377 e. The van der Waals surface area contributed by atoms with Gasteiger partial charge in [-0.15, -0.1) is 0 Å². The Hall–Kier alpha value is 0.690. The predicted octanol–water partition coefficient (Wildman–Crippen LogP) is 4.58. The summed E-state index contributed by atoms with van der Waals surface area (Å²) in [4.78, 5) is 0. The van der Waals surface area contributed by atoms with Crippen molar-refractivity contribution >= 4 is 22.6 Å². The molecule has 1 heterocycles. The third kappa shape index (κ3) is 5.53. The molecule has 0 N–H and O–H groups in total. The van der Waals surface area contributed by atoms with Crippen LogP contribution in [0.25, 0.3) is 0 Å². The van der Waals surface area contributed by atoms with Crippen molar-refractivity contribution in [2.24, 2.45) is 5.92 Å². The number of hydrogen-bond acceptors (Lipinski definition) is 1. The molecule has 1 saturated heterocycles. The van der Waals surface area contributed by atoms with Gasteiger partial charge in [0.2, 0.25) is 0 Å². The number of hydrogen-bond donors (Lipinski definition) is 0. The summed E-state index contributed by atoms with van der Waals surface area (Å²) in [5.41, 5.74) is 0. The molecular formula is C13H25IO. The van der Waals surface area contributed by atoms with E-state index in [1.165, 1.54) is 55.8 Å². The van der Waals surface area contributed by atoms with Gasteiger partial charge < -0.3 is 4.74 Å². The van der Waals surface area contributed by atoms with Crippen molar-refractivity contribution in [2.45, 2.75) is 64.4 Å². The lowest BCUT2D eigenvalue weighted by Gasteiger charge is -2.15. The third-order valence-electron chi connectivity index (χ3n) is 3.43. The summed E-state index contributed by atoms with van der Waals surface area (Å²) >= 11 is 2.46. The van der Waals surface area contributed by atoms with Crippen molar-refractivity contribution in [3.05, 3.63) is 0 Å². The highest BCUT2D eigenvalue weighted by molar-refractivity contribution is 14.1. The molecule has 0 aromatic heterocycles. The fourth-order valence-corrected chi connectivity index (χ4v) is 3.35. The molecule has 0 aromatic carbocycles. The van der Waals surface area contributed by atoms with E-state index in [1.54, 1.807) is 0 Å². The van der Waals surface area contributed by atoms with Crippen LogP contribution in [0.3, 0.4) is 0 Å². The van der Waals surface area contributed by atoms with Gasteiger partial charge in [-0.3, -0.25) is 0 Å². The Morgan fingerprint density at radius 3 is 2.60 bits per heavy atom. The summed E-state index contributed by atoms with van der Waals surface area (Å²) in [5, 5.41) is 0. The molecule has 0 aromatic rings. The molecule has 1 aliphatic rings. The van der Waals surface area contributed by atoms with Crippen LogP contribution in [-0.4, -0.2) is 17.1 Å². The molecule has 2 heteroatoms. The van der Waals surface area contributed by atoms with Crippen molar-refractivity contribution in [3.63, 3.8) is 0 Å². The van der Waals surface area contributed by atoms with Gasteiger partial charge in [0.1, 0.15) is 0 Å². The SMILES string of the molecule is CCCCCCCC[C@@H]1CCOC1CI. The molecule has 0 amide bonds. The number of ether oxygens (including phenoxy) is 1. The molecule has 90 valence electrons. The Labute approximate surface area is 108 Å². The molecule has 0 spiro atoms. The normalized spacial score (nSPS) is 26.0. The molecule has 0 bridgehead atoms. The van der Waals surface area contributed by atoms with Gasteiger partial charge >= 0.3 is 0 Å². The van der Waals surface area contributed by atoms with Crippen molar-refractivity contribution in [2.75, 3.05) is 11.0 Å². The summed E-state index contributed by atoms with van der Waals surface area (Å²) in [6.45, 7) is 3.29. The zero-order chi connectivity index (χ0) is 10.9. The van der Waals surface area contributed by atoms with Crippen molar-refractivity contribution in [3.8, 4) is 0 Å². The van der Waals surface area contributed by atoms with E-state index in [0.29, 0.717) is 6.10 Å². The van der Waals surface area contributed by atoms with Gasteiger partial charge in [-0.25, -0.2) is 0 Å². The average Bonchev–Trinajstić information content (AvgIpc) is 2.70. The summed E-state index contributed by atoms with van der Waals surface area (Å²) < 4.78 is 6.88. The molecule has 0 aliphatic carbocycles. The number of alkyl halides is 1. The second-order valence-electron chi connectivity index (χ2n) is 4.67. The van der Waals surface area contributed by atoms with E-state index in [-0.39, 0.29) is 0 Å². The molecule has 0 radical (unpaired) electrons. The lowest BCUT2D eigenvalue weighted by molar-refractivity contribution is 0.109. The smallest absolute Gasteiger partial charge is 0.0693 e. The van der Waals surface area contributed by atoms with Crippen LogP contribution in [0.1, 0.15) is 58.3 Å². The van der Waals surface area contributed by atoms with Crippen LogP contribution in [0, 0.1) is 5.92 Å². The van der Waals surface area contributed by atoms with Gasteiger partial charge in [0, 0.05) is 11.0 Å². The second-order valence-corrected chi connectivity index (χ2v) is 5.55. The maximum absolute atomic E-state index is 5.70. The van der Waals surface area contributed by atoms with E-state index in [0.717, 1.165) is 12.5 Å². The first-order chi connectivity index (χ1) is 7.38. The van der Waals surface area contributed by atoms with Crippen LogP contribution in [0.15, 0.2) is 0 Å². The van der Waals surface area contributed by atoms with Gasteiger partial charge in [0.25, 0.3) is 0 Å². The minimum atomic E-state index is 0.571. The topological polar surface area (TPSA) is 9.23 Å². The Kier molecular flexibility index (Phi) is 8.07. The van der Waals surface area contributed by atoms with Gasteiger partial charge in [-0.05, 0) is 18.8 Å². The first-order valence-electron chi connectivity index (χ1n) is 6.56. The van der Waals surface area contributed by atoms with Crippen LogP contribution in [0.2, 0.25) is 0 Å². The highest BCUT2D eigenvalue weighted by Gasteiger charge is 2.26. The Morgan fingerprint density at radius 1 is 1.13 bits per heavy atom. The molecule has 1 aliphatic heterocycles. The predicted molar refractivity (Wildman–Crippen MR) is 74.7 cm³/mol. The maximum Gasteiger partial charge on any atom is 0.0693 e. The minimum absolute atomic E-state index is 0.571. The summed E-state index contributed by atoms with van der Waals surface area (Å²) in [6.07, 6.45) is 11.8. The summed E-state index contributed by atoms with van der Waals surface area (Å²) in [7, 11) is 0. The first-order valence-corrected chi connectivity index (χ1v) is 8.08. The van der Waals surface area contributed by atoms with Gasteiger partial charge in [0.15, 0.2) is 0 Å². The largest absolute Gasteiger partial charge is 0.377 e. The molecule has 2 atom stereocenters. The van der Waals surface area contributed by atoms with E-state index in [2.05, 4.69) is 29.5 Å². The van der Waals surface area contributed by atoms with Gasteiger partial charge in [-0.1, -0.05) is 68.0 Å². The van der Waals surface area contributed by atoms with E-state index in [1.807, 2.05) is 0 Å². The van der Waals surface area contributed by atoms with Crippen molar-refractivity contribution < 1.29 is 4.74 Å². The maximum atomic E-state index is 5.70. The fraction of sp³-hybridized carbons (Fsp3) is 1.00. The van der Waals surface area contributed by atoms with Crippen LogP contribution >= 0.6 is 22.6 Å². The summed E-state index contributed by atoms with van der Waals surface area (Å²) in [5.74, 6) is 0.869. The van der Waals surface area contributed by atoms with Crippen LogP contribution in [0.4, 0.5) is 0 Å². The Balaban J connectivity index is 1.95. The van der Waals surface area contributed by atoms with E-state index in [4.69, 9.17) is 4.74 Å². The Morgan fingerprint density at radius 2 is 1.87 bits per heavy atom. The molecule has 15 heavy (non-hydrogen) atoms. The molecule has 1 unspecified atom stereocenters. The lowest BCUT2D eigenvalue weighted by atomic mass is 9.95. The van der Waals surface area contributed by atoms with Crippen molar-refractivity contribution in [1.29, 1.82) is 0 Å². The number of unbranched alkanes of at least 4 members (excludes halogenated alkanes) is 5. The quantitative estimate of drug-likeness (QED) is 0.361. The monoisotopic (exact) mass is 324 g/mol. The van der Waals surface area contributed by atoms with Crippen LogP contribution < -0.4 is 0 Å². The molecule has 1 fully saturated rings. The molecular weight excluding hydrogens is 299 g/mol. The Bertz CT molecular complexity index is 149. The molecule has 1 nitrogen and oxygen atoms in total. The number of rotatable bonds is 8. The van der Waals surface area contributed by atoms with Gasteiger partial charge in [0.05, 0.1) is 6.10 Å². The van der Waals surface area contributed by atoms with Crippen molar-refractivity contribution in [1.82, 2.24) is 0 Å². The highest BCUT2D eigenvalue weighted by Crippen LogP contribution is 2.27. The standard InChI is InChI=1S/C13H25IO/c1-2-3-4-5-6-7-8-12-9-10-15-13(12)11-14/h12-13H,2-11H2,1H3/t12-,13?/m1/s1. The molecule has 0 saturated carbocycles. The zero-order valence-corrected chi connectivity index (χ0v) is 12.2. The second kappa shape index (κ2) is 8.80. The lowest BCUT2D eigenvalue weighted by Crippen LogP contribution is -2.17. The average molecular weight is 324 g/mol. The highest BCUT2D eigenvalue weighted by atomic mass is 127. The molecule has 1 rings (SSSR count). The van der Waals surface area contributed by atoms with E-state index >= 15 is 0 Å². The third-order valence-corrected chi connectivity index (χ3v) is 4.30. The summed E-state index contributed by atoms with van der Waals surface area (Å²) in [6, 6.07) is 0. The van der Waals surface area contributed by atoms with E-state index < -0.39 is 0 Å². The van der Waals surface area contributed by atoms with Crippen LogP contribution in [-0.2, 0) is 4.74 Å². The first kappa shape index (κ1) is 13.8. The number of halogens is 1. The van der Waals surface area contributed by atoms with E-state index in [9.17, 15) is 0 Å². The van der Waals surface area contributed by atoms with Crippen LogP contribution in [0.5, 0.6) is 0 Å².